The van der Waals surface area contributed by atoms with Crippen LogP contribution in [0.15, 0.2) is 0 Å². The summed E-state index contributed by atoms with van der Waals surface area (Å²) < 4.78 is 5.15. The molecule has 6 nitrogen and oxygen atoms in total. The van der Waals surface area contributed by atoms with E-state index >= 15 is 0 Å². The van der Waals surface area contributed by atoms with Gasteiger partial charge in [-0.1, -0.05) is 0 Å². The molecule has 1 aliphatic heterocycles. The molecule has 0 aromatic rings. The van der Waals surface area contributed by atoms with Crippen molar-refractivity contribution in [2.45, 2.75) is 58.1 Å². The molecule has 0 aliphatic carbocycles. The first-order valence-electron chi connectivity index (χ1n) is 7.22. The second-order valence-corrected chi connectivity index (χ2v) is 6.10. The van der Waals surface area contributed by atoms with Crippen LogP contribution in [-0.4, -0.2) is 53.3 Å². The number of carbonyl (C=O) groups is 2. The van der Waals surface area contributed by atoms with E-state index in [0.717, 1.165) is 32.4 Å². The van der Waals surface area contributed by atoms with Crippen LogP contribution in [0, 0.1) is 0 Å². The summed E-state index contributed by atoms with van der Waals surface area (Å²) in [5, 5.41) is 11.6. The number of ether oxygens (including phenoxy) is 1. The zero-order valence-corrected chi connectivity index (χ0v) is 12.6. The number of piperidine rings is 1. The highest BCUT2D eigenvalue weighted by molar-refractivity contribution is 5.85. The number of aliphatic hydroxyl groups excluding tert-OH is 1. The molecule has 0 unspecified atom stereocenters. The number of hydrogen-bond donors (Lipinski definition) is 2. The average molecular weight is 286 g/mol. The van der Waals surface area contributed by atoms with Crippen LogP contribution in [0.5, 0.6) is 0 Å². The van der Waals surface area contributed by atoms with Gasteiger partial charge in [-0.05, 0) is 46.5 Å². The SMILES string of the molecule is CC(C)(C)OC(=O)N[C@@H](CCO)C(=O)N1CCCCC1. The van der Waals surface area contributed by atoms with Crippen LogP contribution in [0.4, 0.5) is 4.79 Å². The molecule has 20 heavy (non-hydrogen) atoms. The maximum Gasteiger partial charge on any atom is 0.408 e. The molecule has 1 atom stereocenters. The van der Waals surface area contributed by atoms with E-state index in [0.29, 0.717) is 0 Å². The third-order valence-corrected chi connectivity index (χ3v) is 3.07. The van der Waals surface area contributed by atoms with Gasteiger partial charge in [0, 0.05) is 19.7 Å². The molecule has 0 spiro atoms. The number of nitrogens with zero attached hydrogens (tertiary/aromatic N) is 1. The summed E-state index contributed by atoms with van der Waals surface area (Å²) in [7, 11) is 0. The maximum atomic E-state index is 12.3. The number of aliphatic hydroxyl groups is 1. The minimum absolute atomic E-state index is 0.135. The van der Waals surface area contributed by atoms with Gasteiger partial charge >= 0.3 is 6.09 Å². The molecule has 0 bridgehead atoms. The molecule has 1 rings (SSSR count). The van der Waals surface area contributed by atoms with Crippen molar-refractivity contribution in [1.29, 1.82) is 0 Å². The van der Waals surface area contributed by atoms with Crippen LogP contribution in [-0.2, 0) is 9.53 Å². The van der Waals surface area contributed by atoms with E-state index < -0.39 is 17.7 Å². The van der Waals surface area contributed by atoms with Gasteiger partial charge in [-0.2, -0.15) is 0 Å². The third-order valence-electron chi connectivity index (χ3n) is 3.07. The molecule has 6 heteroatoms. The van der Waals surface area contributed by atoms with Gasteiger partial charge in [0.2, 0.25) is 5.91 Å². The predicted octanol–water partition coefficient (Wildman–Crippen LogP) is 1.27. The van der Waals surface area contributed by atoms with Crippen LogP contribution >= 0.6 is 0 Å². The summed E-state index contributed by atoms with van der Waals surface area (Å²) in [6.45, 7) is 6.58. The van der Waals surface area contributed by atoms with Crippen molar-refractivity contribution in [3.8, 4) is 0 Å². The normalized spacial score (nSPS) is 17.5. The molecule has 1 heterocycles. The summed E-state index contributed by atoms with van der Waals surface area (Å²) in [5.41, 5.74) is -0.609. The standard InChI is InChI=1S/C14H26N2O4/c1-14(2,3)20-13(19)15-11(7-10-17)12(18)16-8-5-4-6-9-16/h11,17H,4-10H2,1-3H3,(H,15,19)/t11-/m0/s1. The van der Waals surface area contributed by atoms with E-state index in [9.17, 15) is 9.59 Å². The summed E-state index contributed by atoms with van der Waals surface area (Å²) in [6, 6.07) is -0.715. The monoisotopic (exact) mass is 286 g/mol. The number of carbonyl (C=O) groups excluding carboxylic acids is 2. The molecular formula is C14H26N2O4. The van der Waals surface area contributed by atoms with Crippen LogP contribution < -0.4 is 5.32 Å². The summed E-state index contributed by atoms with van der Waals surface area (Å²) >= 11 is 0. The number of alkyl carbamates (subject to hydrolysis) is 1. The Labute approximate surface area is 120 Å². The fourth-order valence-corrected chi connectivity index (χ4v) is 2.17. The van der Waals surface area contributed by atoms with Crippen LogP contribution in [0.2, 0.25) is 0 Å². The van der Waals surface area contributed by atoms with Crippen molar-refractivity contribution >= 4 is 12.0 Å². The van der Waals surface area contributed by atoms with E-state index in [1.165, 1.54) is 0 Å². The van der Waals surface area contributed by atoms with Crippen molar-refractivity contribution in [3.05, 3.63) is 0 Å². The molecule has 116 valence electrons. The molecule has 1 aliphatic rings. The lowest BCUT2D eigenvalue weighted by Crippen LogP contribution is -2.51. The fraction of sp³-hybridized carbons (Fsp3) is 0.857. The summed E-state index contributed by atoms with van der Waals surface area (Å²) in [6.07, 6.45) is 2.69. The highest BCUT2D eigenvalue weighted by Gasteiger charge is 2.28. The first kappa shape index (κ1) is 16.8. The van der Waals surface area contributed by atoms with Crippen LogP contribution in [0.25, 0.3) is 0 Å². The van der Waals surface area contributed by atoms with Gasteiger partial charge in [-0.15, -0.1) is 0 Å². The third kappa shape index (κ3) is 5.77. The van der Waals surface area contributed by atoms with Gasteiger partial charge < -0.3 is 20.1 Å². The second-order valence-electron chi connectivity index (χ2n) is 6.10. The van der Waals surface area contributed by atoms with E-state index in [1.54, 1.807) is 25.7 Å². The van der Waals surface area contributed by atoms with Gasteiger partial charge in [-0.25, -0.2) is 4.79 Å². The maximum absolute atomic E-state index is 12.3. The summed E-state index contributed by atoms with van der Waals surface area (Å²) in [4.78, 5) is 25.8. The minimum Gasteiger partial charge on any atom is -0.444 e. The van der Waals surface area contributed by atoms with Crippen molar-refractivity contribution in [2.24, 2.45) is 0 Å². The minimum atomic E-state index is -0.715. The largest absolute Gasteiger partial charge is 0.444 e. The fourth-order valence-electron chi connectivity index (χ4n) is 2.17. The zero-order chi connectivity index (χ0) is 15.2. The first-order valence-corrected chi connectivity index (χ1v) is 7.22. The van der Waals surface area contributed by atoms with E-state index in [-0.39, 0.29) is 18.9 Å². The highest BCUT2D eigenvalue weighted by atomic mass is 16.6. The quantitative estimate of drug-likeness (QED) is 0.816. The summed E-state index contributed by atoms with van der Waals surface area (Å²) in [5.74, 6) is -0.135. The lowest BCUT2D eigenvalue weighted by molar-refractivity contribution is -0.134. The molecule has 0 aromatic carbocycles. The molecule has 0 aromatic heterocycles. The van der Waals surface area contributed by atoms with Crippen molar-refractivity contribution in [1.82, 2.24) is 10.2 Å². The molecular weight excluding hydrogens is 260 g/mol. The topological polar surface area (TPSA) is 78.9 Å². The number of nitrogens with one attached hydrogen (secondary N) is 1. The molecule has 1 saturated heterocycles. The number of likely N-dealkylation sites (tertiary alicyclic amines) is 1. The highest BCUT2D eigenvalue weighted by Crippen LogP contribution is 2.12. The molecule has 0 saturated carbocycles. The van der Waals surface area contributed by atoms with Crippen LogP contribution in [0.3, 0.4) is 0 Å². The van der Waals surface area contributed by atoms with Crippen molar-refractivity contribution in [3.63, 3.8) is 0 Å². The van der Waals surface area contributed by atoms with Crippen molar-refractivity contribution < 1.29 is 19.4 Å². The van der Waals surface area contributed by atoms with E-state index in [4.69, 9.17) is 9.84 Å². The molecule has 2 amide bonds. The lowest BCUT2D eigenvalue weighted by Gasteiger charge is -2.31. The van der Waals surface area contributed by atoms with E-state index in [2.05, 4.69) is 5.32 Å². The Balaban J connectivity index is 2.58. The Hall–Kier alpha value is -1.30. The van der Waals surface area contributed by atoms with Gasteiger partial charge in [0.05, 0.1) is 0 Å². The predicted molar refractivity (Wildman–Crippen MR) is 75.3 cm³/mol. The van der Waals surface area contributed by atoms with Gasteiger partial charge in [0.1, 0.15) is 11.6 Å². The van der Waals surface area contributed by atoms with Gasteiger partial charge in [-0.3, -0.25) is 4.79 Å². The zero-order valence-electron chi connectivity index (χ0n) is 12.6. The molecule has 1 fully saturated rings. The first-order chi connectivity index (χ1) is 9.33. The Morgan fingerprint density at radius 2 is 1.85 bits per heavy atom. The smallest absolute Gasteiger partial charge is 0.408 e. The number of amides is 2. The Bertz CT molecular complexity index is 333. The molecule has 2 N–H and O–H groups in total. The average Bonchev–Trinajstić information content (AvgIpc) is 2.36. The Morgan fingerprint density at radius 3 is 2.35 bits per heavy atom. The molecule has 0 radical (unpaired) electrons. The Kier molecular flexibility index (Phi) is 6.26. The van der Waals surface area contributed by atoms with Gasteiger partial charge in [0.25, 0.3) is 0 Å². The van der Waals surface area contributed by atoms with E-state index in [1.807, 2.05) is 0 Å². The number of rotatable bonds is 4. The Morgan fingerprint density at radius 1 is 1.25 bits per heavy atom. The second kappa shape index (κ2) is 7.47. The number of hydrogen-bond acceptors (Lipinski definition) is 4. The van der Waals surface area contributed by atoms with Crippen LogP contribution in [0.1, 0.15) is 46.5 Å². The van der Waals surface area contributed by atoms with Gasteiger partial charge in [0.15, 0.2) is 0 Å². The lowest BCUT2D eigenvalue weighted by atomic mass is 10.1. The van der Waals surface area contributed by atoms with Crippen molar-refractivity contribution in [2.75, 3.05) is 19.7 Å².